The van der Waals surface area contributed by atoms with E-state index in [1.165, 1.54) is 17.7 Å². The first-order valence-corrected chi connectivity index (χ1v) is 7.02. The molecule has 0 heterocycles. The maximum Gasteiger partial charge on any atom is 0.270 e. The molecule has 0 aliphatic heterocycles. The van der Waals surface area contributed by atoms with Crippen molar-refractivity contribution in [2.24, 2.45) is 0 Å². The summed E-state index contributed by atoms with van der Waals surface area (Å²) in [6.45, 7) is 2.74. The second-order valence-corrected chi connectivity index (χ2v) is 5.10. The van der Waals surface area contributed by atoms with Crippen molar-refractivity contribution in [3.05, 3.63) is 69.3 Å². The SMILES string of the molecule is CCc1ccc(CN(C)c2ccc([N+](=O)[O-])cc2C#N)cc1. The molecule has 0 fully saturated rings. The van der Waals surface area contributed by atoms with E-state index >= 15 is 0 Å². The Kier molecular flexibility index (Phi) is 4.74. The van der Waals surface area contributed by atoms with Crippen LogP contribution in [0.15, 0.2) is 42.5 Å². The van der Waals surface area contributed by atoms with Gasteiger partial charge in [-0.15, -0.1) is 0 Å². The molecule has 0 aromatic heterocycles. The van der Waals surface area contributed by atoms with Gasteiger partial charge in [0.25, 0.3) is 5.69 Å². The standard InChI is InChI=1S/C17H17N3O2/c1-3-13-4-6-14(7-5-13)12-19(2)17-9-8-16(20(21)22)10-15(17)11-18/h4-10H,3,12H2,1-2H3. The molecule has 0 unspecified atom stereocenters. The molecule has 0 saturated heterocycles. The molecule has 0 amide bonds. The number of nitro benzene ring substituents is 1. The van der Waals surface area contributed by atoms with Crippen molar-refractivity contribution in [1.82, 2.24) is 0 Å². The van der Waals surface area contributed by atoms with Crippen LogP contribution < -0.4 is 4.90 Å². The van der Waals surface area contributed by atoms with E-state index in [-0.39, 0.29) is 5.69 Å². The van der Waals surface area contributed by atoms with Gasteiger partial charge in [-0.2, -0.15) is 5.26 Å². The molecule has 0 bridgehead atoms. The molecule has 5 nitrogen and oxygen atoms in total. The van der Waals surface area contributed by atoms with Crippen LogP contribution in [-0.4, -0.2) is 12.0 Å². The van der Waals surface area contributed by atoms with Gasteiger partial charge < -0.3 is 4.90 Å². The zero-order chi connectivity index (χ0) is 16.1. The number of non-ortho nitro benzene ring substituents is 1. The highest BCUT2D eigenvalue weighted by atomic mass is 16.6. The fourth-order valence-corrected chi connectivity index (χ4v) is 2.30. The quantitative estimate of drug-likeness (QED) is 0.623. The number of nitriles is 1. The van der Waals surface area contributed by atoms with Gasteiger partial charge in [-0.25, -0.2) is 0 Å². The van der Waals surface area contributed by atoms with Gasteiger partial charge in [-0.3, -0.25) is 10.1 Å². The average Bonchev–Trinajstić information content (AvgIpc) is 2.54. The summed E-state index contributed by atoms with van der Waals surface area (Å²) < 4.78 is 0. The van der Waals surface area contributed by atoms with E-state index in [2.05, 4.69) is 31.2 Å². The molecular formula is C17H17N3O2. The lowest BCUT2D eigenvalue weighted by molar-refractivity contribution is -0.384. The Morgan fingerprint density at radius 2 is 1.82 bits per heavy atom. The molecule has 0 atom stereocenters. The molecule has 2 aromatic rings. The van der Waals surface area contributed by atoms with Crippen LogP contribution in [0.25, 0.3) is 0 Å². The largest absolute Gasteiger partial charge is 0.369 e. The van der Waals surface area contributed by atoms with Gasteiger partial charge in [0.05, 0.1) is 16.2 Å². The Labute approximate surface area is 129 Å². The van der Waals surface area contributed by atoms with Crippen LogP contribution in [0, 0.1) is 21.4 Å². The Balaban J connectivity index is 2.23. The first-order valence-electron chi connectivity index (χ1n) is 7.02. The van der Waals surface area contributed by atoms with Crippen molar-refractivity contribution in [2.75, 3.05) is 11.9 Å². The highest BCUT2D eigenvalue weighted by molar-refractivity contribution is 5.62. The zero-order valence-electron chi connectivity index (χ0n) is 12.6. The van der Waals surface area contributed by atoms with Crippen LogP contribution >= 0.6 is 0 Å². The molecule has 5 heteroatoms. The smallest absolute Gasteiger partial charge is 0.270 e. The van der Waals surface area contributed by atoms with Crippen molar-refractivity contribution < 1.29 is 4.92 Å². The molecule has 112 valence electrons. The van der Waals surface area contributed by atoms with E-state index in [1.807, 2.05) is 18.0 Å². The van der Waals surface area contributed by atoms with E-state index in [0.717, 1.165) is 12.0 Å². The van der Waals surface area contributed by atoms with Gasteiger partial charge in [0.15, 0.2) is 0 Å². The number of nitrogens with zero attached hydrogens (tertiary/aromatic N) is 3. The van der Waals surface area contributed by atoms with Crippen molar-refractivity contribution in [1.29, 1.82) is 5.26 Å². The molecule has 2 aromatic carbocycles. The Morgan fingerprint density at radius 1 is 1.18 bits per heavy atom. The summed E-state index contributed by atoms with van der Waals surface area (Å²) in [6, 6.07) is 14.7. The van der Waals surface area contributed by atoms with Crippen LogP contribution in [0.5, 0.6) is 0 Å². The summed E-state index contributed by atoms with van der Waals surface area (Å²) in [7, 11) is 1.87. The maximum absolute atomic E-state index is 10.8. The molecule has 0 aliphatic rings. The Morgan fingerprint density at radius 3 is 2.36 bits per heavy atom. The van der Waals surface area contributed by atoms with Crippen molar-refractivity contribution in [2.45, 2.75) is 19.9 Å². The molecule has 0 aliphatic carbocycles. The third-order valence-corrected chi connectivity index (χ3v) is 3.57. The highest BCUT2D eigenvalue weighted by Gasteiger charge is 2.13. The third kappa shape index (κ3) is 3.41. The van der Waals surface area contributed by atoms with E-state index in [9.17, 15) is 15.4 Å². The first-order chi connectivity index (χ1) is 10.5. The van der Waals surface area contributed by atoms with Gasteiger partial charge in [0.1, 0.15) is 6.07 Å². The minimum absolute atomic E-state index is 0.0685. The summed E-state index contributed by atoms with van der Waals surface area (Å²) in [4.78, 5) is 12.2. The molecule has 22 heavy (non-hydrogen) atoms. The molecule has 0 spiro atoms. The molecule has 0 saturated carbocycles. The minimum atomic E-state index is -0.492. The van der Waals surface area contributed by atoms with E-state index < -0.39 is 4.92 Å². The van der Waals surface area contributed by atoms with Gasteiger partial charge in [0, 0.05) is 25.7 Å². The van der Waals surface area contributed by atoms with Gasteiger partial charge in [-0.05, 0) is 23.6 Å². The van der Waals surface area contributed by atoms with E-state index in [4.69, 9.17) is 0 Å². The molecule has 2 rings (SSSR count). The predicted molar refractivity (Wildman–Crippen MR) is 85.7 cm³/mol. The number of benzene rings is 2. The lowest BCUT2D eigenvalue weighted by Gasteiger charge is -2.20. The lowest BCUT2D eigenvalue weighted by Crippen LogP contribution is -2.17. The monoisotopic (exact) mass is 295 g/mol. The van der Waals surface area contributed by atoms with E-state index in [1.54, 1.807) is 6.07 Å². The summed E-state index contributed by atoms with van der Waals surface area (Å²) >= 11 is 0. The summed E-state index contributed by atoms with van der Waals surface area (Å²) in [5, 5.41) is 20.0. The molecular weight excluding hydrogens is 278 g/mol. The van der Waals surface area contributed by atoms with Gasteiger partial charge in [0.2, 0.25) is 0 Å². The van der Waals surface area contributed by atoms with Crippen LogP contribution in [0.1, 0.15) is 23.6 Å². The number of rotatable bonds is 5. The lowest BCUT2D eigenvalue weighted by atomic mass is 10.1. The normalized spacial score (nSPS) is 10.0. The van der Waals surface area contributed by atoms with Crippen molar-refractivity contribution in [3.63, 3.8) is 0 Å². The van der Waals surface area contributed by atoms with Crippen LogP contribution in [0.4, 0.5) is 11.4 Å². The maximum atomic E-state index is 10.8. The van der Waals surface area contributed by atoms with Crippen molar-refractivity contribution in [3.8, 4) is 6.07 Å². The number of hydrogen-bond donors (Lipinski definition) is 0. The molecule has 0 N–H and O–H groups in total. The van der Waals surface area contributed by atoms with Crippen LogP contribution in [0.2, 0.25) is 0 Å². The average molecular weight is 295 g/mol. The number of nitro groups is 1. The second kappa shape index (κ2) is 6.72. The van der Waals surface area contributed by atoms with E-state index in [0.29, 0.717) is 17.8 Å². The number of aryl methyl sites for hydroxylation is 1. The first kappa shape index (κ1) is 15.5. The fourth-order valence-electron chi connectivity index (χ4n) is 2.30. The van der Waals surface area contributed by atoms with Gasteiger partial charge in [-0.1, -0.05) is 31.2 Å². The summed E-state index contributed by atoms with van der Waals surface area (Å²) in [5.74, 6) is 0. The zero-order valence-corrected chi connectivity index (χ0v) is 12.6. The number of hydrogen-bond acceptors (Lipinski definition) is 4. The predicted octanol–water partition coefficient (Wildman–Crippen LogP) is 3.67. The second-order valence-electron chi connectivity index (χ2n) is 5.10. The topological polar surface area (TPSA) is 70.2 Å². The van der Waals surface area contributed by atoms with Crippen molar-refractivity contribution >= 4 is 11.4 Å². The highest BCUT2D eigenvalue weighted by Crippen LogP contribution is 2.25. The Hall–Kier alpha value is -2.87. The third-order valence-electron chi connectivity index (χ3n) is 3.57. The number of anilines is 1. The summed E-state index contributed by atoms with van der Waals surface area (Å²) in [6.07, 6.45) is 0.997. The molecule has 0 radical (unpaired) electrons. The van der Waals surface area contributed by atoms with Crippen LogP contribution in [0.3, 0.4) is 0 Å². The summed E-state index contributed by atoms with van der Waals surface area (Å²) in [5.41, 5.74) is 3.33. The fraction of sp³-hybridized carbons (Fsp3) is 0.235. The Bertz CT molecular complexity index is 718. The van der Waals surface area contributed by atoms with Gasteiger partial charge >= 0.3 is 0 Å². The van der Waals surface area contributed by atoms with Crippen LogP contribution in [-0.2, 0) is 13.0 Å². The minimum Gasteiger partial charge on any atom is -0.369 e.